The van der Waals surface area contributed by atoms with Crippen LogP contribution < -0.4 is 5.32 Å². The molecular weight excluding hydrogens is 264 g/mol. The van der Waals surface area contributed by atoms with Gasteiger partial charge in [-0.25, -0.2) is 4.98 Å². The highest BCUT2D eigenvalue weighted by molar-refractivity contribution is 5.94. The number of rotatable bonds is 5. The van der Waals surface area contributed by atoms with Gasteiger partial charge >= 0.3 is 0 Å². The Morgan fingerprint density at radius 3 is 2.95 bits per heavy atom. The molecule has 0 unspecified atom stereocenters. The van der Waals surface area contributed by atoms with Crippen molar-refractivity contribution in [3.63, 3.8) is 0 Å². The van der Waals surface area contributed by atoms with E-state index in [1.807, 2.05) is 6.92 Å². The number of nitrogens with zero attached hydrogens (tertiary/aromatic N) is 3. The third-order valence-corrected chi connectivity index (χ3v) is 2.84. The summed E-state index contributed by atoms with van der Waals surface area (Å²) in [5, 5.41) is 23.2. The van der Waals surface area contributed by atoms with Crippen molar-refractivity contribution in [2.45, 2.75) is 19.8 Å². The highest BCUT2D eigenvalue weighted by Gasteiger charge is 2.19. The summed E-state index contributed by atoms with van der Waals surface area (Å²) >= 11 is 0. The van der Waals surface area contributed by atoms with E-state index in [-0.39, 0.29) is 17.0 Å². The minimum absolute atomic E-state index is 0.125. The van der Waals surface area contributed by atoms with Crippen LogP contribution in [-0.2, 0) is 0 Å². The molecule has 0 radical (unpaired) electrons. The zero-order valence-electron chi connectivity index (χ0n) is 10.9. The van der Waals surface area contributed by atoms with E-state index in [0.29, 0.717) is 16.8 Å². The van der Waals surface area contributed by atoms with Crippen molar-refractivity contribution in [1.82, 2.24) is 15.0 Å². The summed E-state index contributed by atoms with van der Waals surface area (Å²) in [6.07, 6.45) is 1.75. The SMILES string of the molecule is CCCCNC(=O)c1nc2ccc([N+](=O)[O-])cc2n1O. The molecule has 1 amide bonds. The minimum Gasteiger partial charge on any atom is -0.426 e. The number of benzene rings is 1. The van der Waals surface area contributed by atoms with Crippen LogP contribution in [0.3, 0.4) is 0 Å². The topological polar surface area (TPSA) is 110 Å². The Bertz CT molecular complexity index is 665. The van der Waals surface area contributed by atoms with Gasteiger partial charge in [-0.2, -0.15) is 4.73 Å². The van der Waals surface area contributed by atoms with Gasteiger partial charge in [0.15, 0.2) is 0 Å². The molecule has 8 heteroatoms. The van der Waals surface area contributed by atoms with Crippen LogP contribution in [0.1, 0.15) is 30.4 Å². The molecular formula is C12H14N4O4. The molecule has 2 rings (SSSR count). The smallest absolute Gasteiger partial charge is 0.290 e. The first kappa shape index (κ1) is 13.8. The van der Waals surface area contributed by atoms with E-state index in [1.165, 1.54) is 18.2 Å². The summed E-state index contributed by atoms with van der Waals surface area (Å²) in [4.78, 5) is 25.9. The maximum Gasteiger partial charge on any atom is 0.290 e. The largest absolute Gasteiger partial charge is 0.426 e. The first-order chi connectivity index (χ1) is 9.54. The number of unbranched alkanes of at least 4 members (excludes halogenated alkanes) is 1. The molecule has 106 valence electrons. The number of amides is 1. The summed E-state index contributed by atoms with van der Waals surface area (Å²) in [6.45, 7) is 2.48. The summed E-state index contributed by atoms with van der Waals surface area (Å²) < 4.78 is 0.573. The maximum absolute atomic E-state index is 11.8. The average Bonchev–Trinajstić information content (AvgIpc) is 2.76. The quantitative estimate of drug-likeness (QED) is 0.374. The molecule has 2 aromatic rings. The monoisotopic (exact) mass is 278 g/mol. The Kier molecular flexibility index (Phi) is 3.83. The first-order valence-corrected chi connectivity index (χ1v) is 6.19. The Morgan fingerprint density at radius 2 is 2.30 bits per heavy atom. The fraction of sp³-hybridized carbons (Fsp3) is 0.333. The molecule has 20 heavy (non-hydrogen) atoms. The Hall–Kier alpha value is -2.64. The van der Waals surface area contributed by atoms with Crippen LogP contribution in [0.4, 0.5) is 5.69 Å². The molecule has 1 aromatic heterocycles. The van der Waals surface area contributed by atoms with Crippen molar-refractivity contribution >= 4 is 22.6 Å². The van der Waals surface area contributed by atoms with Crippen molar-refractivity contribution < 1.29 is 14.9 Å². The third kappa shape index (κ3) is 2.53. The lowest BCUT2D eigenvalue weighted by molar-refractivity contribution is -0.384. The van der Waals surface area contributed by atoms with E-state index < -0.39 is 10.8 Å². The number of carbonyl (C=O) groups is 1. The maximum atomic E-state index is 11.8. The van der Waals surface area contributed by atoms with Gasteiger partial charge in [0.25, 0.3) is 11.6 Å². The number of aromatic nitrogens is 2. The second-order valence-electron chi connectivity index (χ2n) is 4.29. The van der Waals surface area contributed by atoms with E-state index in [4.69, 9.17) is 0 Å². The van der Waals surface area contributed by atoms with E-state index >= 15 is 0 Å². The molecule has 0 fully saturated rings. The van der Waals surface area contributed by atoms with Crippen LogP contribution in [0.15, 0.2) is 18.2 Å². The second-order valence-corrected chi connectivity index (χ2v) is 4.29. The van der Waals surface area contributed by atoms with Gasteiger partial charge in [-0.3, -0.25) is 14.9 Å². The summed E-state index contributed by atoms with van der Waals surface area (Å²) in [5.74, 6) is -0.698. The molecule has 0 saturated carbocycles. The molecule has 0 atom stereocenters. The van der Waals surface area contributed by atoms with E-state index in [1.54, 1.807) is 0 Å². The fourth-order valence-corrected chi connectivity index (χ4v) is 1.77. The molecule has 0 bridgehead atoms. The average molecular weight is 278 g/mol. The molecule has 1 heterocycles. The lowest BCUT2D eigenvalue weighted by Crippen LogP contribution is -2.27. The van der Waals surface area contributed by atoms with Gasteiger partial charge in [0.05, 0.1) is 10.4 Å². The van der Waals surface area contributed by atoms with Crippen LogP contribution in [0.2, 0.25) is 0 Å². The third-order valence-electron chi connectivity index (χ3n) is 2.84. The number of imidazole rings is 1. The van der Waals surface area contributed by atoms with Gasteiger partial charge < -0.3 is 10.5 Å². The van der Waals surface area contributed by atoms with Crippen molar-refractivity contribution in [3.8, 4) is 0 Å². The number of fused-ring (bicyclic) bond motifs is 1. The molecule has 0 aliphatic heterocycles. The van der Waals surface area contributed by atoms with Crippen molar-refractivity contribution in [1.29, 1.82) is 0 Å². The second kappa shape index (κ2) is 5.55. The van der Waals surface area contributed by atoms with Crippen molar-refractivity contribution in [3.05, 3.63) is 34.1 Å². The van der Waals surface area contributed by atoms with Gasteiger partial charge in [-0.05, 0) is 12.5 Å². The predicted molar refractivity (Wildman–Crippen MR) is 70.8 cm³/mol. The Balaban J connectivity index is 2.33. The van der Waals surface area contributed by atoms with Gasteiger partial charge in [0.1, 0.15) is 5.52 Å². The number of hydrogen-bond acceptors (Lipinski definition) is 5. The summed E-state index contributed by atoms with van der Waals surface area (Å²) in [6, 6.07) is 3.84. The molecule has 0 aliphatic carbocycles. The van der Waals surface area contributed by atoms with Crippen molar-refractivity contribution in [2.24, 2.45) is 0 Å². The highest BCUT2D eigenvalue weighted by Crippen LogP contribution is 2.20. The zero-order valence-corrected chi connectivity index (χ0v) is 10.9. The lowest BCUT2D eigenvalue weighted by atomic mass is 10.3. The molecule has 2 N–H and O–H groups in total. The molecule has 8 nitrogen and oxygen atoms in total. The van der Waals surface area contributed by atoms with E-state index in [9.17, 15) is 20.1 Å². The molecule has 0 spiro atoms. The summed E-state index contributed by atoms with van der Waals surface area (Å²) in [7, 11) is 0. The molecule has 1 aromatic carbocycles. The number of hydrogen-bond donors (Lipinski definition) is 2. The van der Waals surface area contributed by atoms with Gasteiger partial charge in [-0.15, -0.1) is 0 Å². The molecule has 0 saturated heterocycles. The number of nitro groups is 1. The Labute approximate surface area is 114 Å². The van der Waals surface area contributed by atoms with E-state index in [0.717, 1.165) is 12.8 Å². The van der Waals surface area contributed by atoms with E-state index in [2.05, 4.69) is 10.3 Å². The predicted octanol–water partition coefficient (Wildman–Crippen LogP) is 1.71. The van der Waals surface area contributed by atoms with Crippen LogP contribution >= 0.6 is 0 Å². The lowest BCUT2D eigenvalue weighted by Gasteiger charge is -2.02. The fourth-order valence-electron chi connectivity index (χ4n) is 1.77. The normalized spacial score (nSPS) is 10.7. The van der Waals surface area contributed by atoms with Crippen LogP contribution in [0.5, 0.6) is 0 Å². The first-order valence-electron chi connectivity index (χ1n) is 6.19. The zero-order chi connectivity index (χ0) is 14.7. The number of non-ortho nitro benzene ring substituents is 1. The summed E-state index contributed by atoms with van der Waals surface area (Å²) in [5.41, 5.74) is 0.268. The van der Waals surface area contributed by atoms with Crippen LogP contribution in [0, 0.1) is 10.1 Å². The minimum atomic E-state index is -0.576. The number of nitro benzene ring substituents is 1. The van der Waals surface area contributed by atoms with Crippen LogP contribution in [0.25, 0.3) is 11.0 Å². The van der Waals surface area contributed by atoms with Crippen LogP contribution in [-0.4, -0.2) is 32.3 Å². The van der Waals surface area contributed by atoms with Gasteiger partial charge in [0.2, 0.25) is 5.82 Å². The highest BCUT2D eigenvalue weighted by atomic mass is 16.6. The van der Waals surface area contributed by atoms with Gasteiger partial charge in [-0.1, -0.05) is 13.3 Å². The standard InChI is InChI=1S/C12H14N4O4/c1-2-3-6-13-12(17)11-14-9-5-4-8(16(19)20)7-10(9)15(11)18/h4-5,7,18H,2-3,6H2,1H3,(H,13,17). The Morgan fingerprint density at radius 1 is 1.55 bits per heavy atom. The number of nitrogens with one attached hydrogen (secondary N) is 1. The van der Waals surface area contributed by atoms with Gasteiger partial charge in [0, 0.05) is 18.7 Å². The number of carbonyl (C=O) groups excluding carboxylic acids is 1. The van der Waals surface area contributed by atoms with Crippen molar-refractivity contribution in [2.75, 3.05) is 6.54 Å². The molecule has 0 aliphatic rings.